The van der Waals surface area contributed by atoms with Crippen LogP contribution in [0.3, 0.4) is 0 Å². The van der Waals surface area contributed by atoms with E-state index in [4.69, 9.17) is 48.6 Å². The largest absolute Gasteiger partial charge is 0.496 e. The molecule has 24 heteroatoms. The van der Waals surface area contributed by atoms with Crippen LogP contribution in [0.4, 0.5) is 0 Å². The van der Waals surface area contributed by atoms with Gasteiger partial charge in [-0.2, -0.15) is 54.0 Å². The van der Waals surface area contributed by atoms with Gasteiger partial charge in [-0.15, -0.1) is 0 Å². The van der Waals surface area contributed by atoms with E-state index in [1.165, 1.54) is 39.5 Å². The van der Waals surface area contributed by atoms with Crippen molar-refractivity contribution in [3.05, 3.63) is 123 Å². The maximum atomic E-state index is 14.3. The van der Waals surface area contributed by atoms with E-state index in [9.17, 15) is 38.4 Å². The predicted molar refractivity (Wildman–Crippen MR) is 344 cm³/mol. The van der Waals surface area contributed by atoms with Gasteiger partial charge in [-0.3, -0.25) is 38.4 Å². The van der Waals surface area contributed by atoms with Crippen LogP contribution in [0, 0.1) is 0 Å². The fourth-order valence-corrected chi connectivity index (χ4v) is 9.07. The van der Waals surface area contributed by atoms with Crippen molar-refractivity contribution in [2.45, 2.75) is 127 Å². The minimum absolute atomic E-state index is 0. The summed E-state index contributed by atoms with van der Waals surface area (Å²) in [4.78, 5) is 109. The number of ketones is 4. The predicted octanol–water partition coefficient (Wildman–Crippen LogP) is 3.95. The molecule has 0 heterocycles. The monoisotopic (exact) mass is 1230 g/mol. The Bertz CT molecular complexity index is 2740. The van der Waals surface area contributed by atoms with Crippen molar-refractivity contribution in [1.82, 2.24) is 16.0 Å². The van der Waals surface area contributed by atoms with Crippen LogP contribution in [0.15, 0.2) is 78.9 Å². The summed E-state index contributed by atoms with van der Waals surface area (Å²) < 4.78 is 16.4. The Kier molecular flexibility index (Phi) is 38.2. The van der Waals surface area contributed by atoms with Gasteiger partial charge < -0.3 is 64.6 Å². The van der Waals surface area contributed by atoms with Crippen molar-refractivity contribution in [3.63, 3.8) is 0 Å². The Labute approximate surface area is 515 Å². The Hall–Kier alpha value is -5.96. The lowest BCUT2D eigenvalue weighted by Gasteiger charge is -2.21. The van der Waals surface area contributed by atoms with Gasteiger partial charge in [-0.1, -0.05) is 36.8 Å². The van der Waals surface area contributed by atoms with Crippen LogP contribution >= 0.6 is 54.0 Å². The molecule has 0 bridgehead atoms. The molecule has 0 fully saturated rings. The van der Waals surface area contributed by atoms with Crippen LogP contribution in [-0.2, 0) is 44.9 Å². The second-order valence-electron chi connectivity index (χ2n) is 19.6. The van der Waals surface area contributed by atoms with Crippen LogP contribution in [0.25, 0.3) is 0 Å². The molecule has 20 nitrogen and oxygen atoms in total. The molecule has 4 amide bonds. The summed E-state index contributed by atoms with van der Waals surface area (Å²) in [6.07, 6.45) is 5.76. The van der Waals surface area contributed by atoms with Crippen LogP contribution in [0.5, 0.6) is 17.2 Å². The lowest BCUT2D eigenvalue weighted by Crippen LogP contribution is -2.42. The van der Waals surface area contributed by atoms with E-state index in [-0.39, 0.29) is 155 Å². The zero-order valence-corrected chi connectivity index (χ0v) is 51.9. The average molecular weight is 1230 g/mol. The van der Waals surface area contributed by atoms with Gasteiger partial charge in [0, 0.05) is 31.2 Å². The molecule has 0 unspecified atom stereocenters. The van der Waals surface area contributed by atoms with Crippen LogP contribution in [-0.4, -0.2) is 118 Å². The molecule has 0 radical (unpaired) electrons. The maximum Gasteiger partial charge on any atom is 0.255 e. The third-order valence-corrected chi connectivity index (χ3v) is 13.6. The van der Waals surface area contributed by atoms with E-state index >= 15 is 0 Å². The number of amides is 4. The van der Waals surface area contributed by atoms with E-state index in [2.05, 4.69) is 16.0 Å². The number of hydrogen-bond acceptors (Lipinski definition) is 16. The van der Waals surface area contributed by atoms with Crippen LogP contribution in [0.1, 0.15) is 141 Å². The first kappa shape index (κ1) is 77.0. The second-order valence-corrected chi connectivity index (χ2v) is 19.6. The van der Waals surface area contributed by atoms with E-state index in [1.54, 1.807) is 60.7 Å². The molecule has 0 aromatic heterocycles. The minimum atomic E-state index is -1.01. The van der Waals surface area contributed by atoms with Gasteiger partial charge in [-0.25, -0.2) is 0 Å². The molecule has 0 saturated heterocycles. The van der Waals surface area contributed by atoms with Crippen LogP contribution in [0.2, 0.25) is 0 Å². The number of Topliss-reactive ketones (excluding diaryl/α,β-unsaturated/α-hetero) is 4. The third-order valence-electron chi connectivity index (χ3n) is 13.6. The first-order valence-electron chi connectivity index (χ1n) is 27.0. The van der Waals surface area contributed by atoms with E-state index in [0.29, 0.717) is 99.8 Å². The van der Waals surface area contributed by atoms with Gasteiger partial charge in [-0.05, 0) is 168 Å². The van der Waals surface area contributed by atoms with Gasteiger partial charge in [0.2, 0.25) is 0 Å². The van der Waals surface area contributed by atoms with Crippen molar-refractivity contribution in [1.29, 1.82) is 0 Å². The number of carbonyl (C=O) groups excluding carboxylic acids is 8. The molecular weight excluding hydrogens is 1140 g/mol. The highest BCUT2D eigenvalue weighted by atomic mass is 32.1. The zero-order chi connectivity index (χ0) is 57.9. The number of unbranched alkanes of at least 4 members (excludes halogenated alkanes) is 4. The first-order valence-corrected chi connectivity index (χ1v) is 27.0. The van der Waals surface area contributed by atoms with Crippen molar-refractivity contribution in [2.75, 3.05) is 47.5 Å². The molecular formula is C59H89N9O11S4. The number of rotatable bonds is 38. The number of primary amides is 1. The molecule has 4 rings (SSSR count). The molecule has 83 heavy (non-hydrogen) atoms. The molecule has 460 valence electrons. The van der Waals surface area contributed by atoms with Gasteiger partial charge in [0.15, 0.2) is 23.1 Å². The van der Waals surface area contributed by atoms with Crippen molar-refractivity contribution < 1.29 is 52.6 Å². The highest BCUT2D eigenvalue weighted by Gasteiger charge is 2.28. The molecule has 15 N–H and O–H groups in total. The molecule has 4 aromatic carbocycles. The van der Waals surface area contributed by atoms with E-state index in [0.717, 1.165) is 12.8 Å². The maximum absolute atomic E-state index is 14.3. The molecule has 0 saturated carbocycles. The first-order chi connectivity index (χ1) is 38.0. The summed E-state index contributed by atoms with van der Waals surface area (Å²) >= 11 is 0. The van der Waals surface area contributed by atoms with Gasteiger partial charge in [0.25, 0.3) is 23.6 Å². The van der Waals surface area contributed by atoms with Crippen LogP contribution < -0.4 is 64.6 Å². The van der Waals surface area contributed by atoms with E-state index < -0.39 is 47.8 Å². The van der Waals surface area contributed by atoms with Crippen molar-refractivity contribution in [3.8, 4) is 17.2 Å². The number of carbonyl (C=O) groups is 8. The average Bonchev–Trinajstić information content (AvgIpc) is 3.44. The van der Waals surface area contributed by atoms with Gasteiger partial charge in [0.05, 0.1) is 62.2 Å². The SMILES string of the molecule is COc1ccc(CC(=O)[C@H](CCCCN)NC(=O)c2cc(CC(=O)[C@H](CCCCN)NC(=O)c3cc(CC(=O)[C@H](CCCCN)NC(=O)c4cccc(CC(=O)[C@@H](N)CCCCN)c4)ccc3OC)ccc2OC)cc1C(N)=O.S.S.S.S. The quantitative estimate of drug-likeness (QED) is 0.0287. The fourth-order valence-electron chi connectivity index (χ4n) is 9.07. The number of nitrogens with one attached hydrogen (secondary N) is 3. The molecule has 4 aromatic rings. The Balaban J connectivity index is 0.0000168. The minimum Gasteiger partial charge on any atom is -0.496 e. The summed E-state index contributed by atoms with van der Waals surface area (Å²) in [5.41, 5.74) is 37.1. The third kappa shape index (κ3) is 25.0. The standard InChI is InChI=1S/C59H81N9O11.4H2S/c1-77-53-22-19-38(30-42(53)56(65)73)34-51(71)47(17-6-10-27-62)67-58(75)44-32-40(21-24-55(44)79-3)36-52(72)48(18-7-11-28-63)68-59(76)43-31-39(20-23-54(43)78-2)35-50(70)46(16-5-9-26-61)66-57(74)41-14-12-13-37(29-41)33-49(69)45(64)15-4-8-25-60;;;;/h12-14,19-24,29-32,45-48H,4-11,15-18,25-28,33-36,60-64H2,1-3H3,(H2,65,73)(H,66,74)(H,67,75)(H,68,76);4*1H2/t45-,46-,47-,48-;;;;/m0..../s1. The zero-order valence-electron chi connectivity index (χ0n) is 47.9. The summed E-state index contributed by atoms with van der Waals surface area (Å²) in [6.45, 7) is 1.64. The number of benzene rings is 4. The summed E-state index contributed by atoms with van der Waals surface area (Å²) in [6, 6.07) is 17.2. The topological polar surface area (TPSA) is 356 Å². The fraction of sp³-hybridized carbons (Fsp3) is 0.458. The van der Waals surface area contributed by atoms with E-state index in [1.807, 2.05) is 0 Å². The summed E-state index contributed by atoms with van der Waals surface area (Å²) in [7, 11) is 4.18. The second kappa shape index (κ2) is 41.1. The summed E-state index contributed by atoms with van der Waals surface area (Å²) in [5, 5.41) is 8.62. The molecule has 0 aliphatic carbocycles. The Morgan fingerprint density at radius 2 is 0.735 bits per heavy atom. The Morgan fingerprint density at radius 3 is 1.10 bits per heavy atom. The lowest BCUT2D eigenvalue weighted by molar-refractivity contribution is -0.121. The van der Waals surface area contributed by atoms with Gasteiger partial charge in [0.1, 0.15) is 17.2 Å². The molecule has 0 aliphatic heterocycles. The number of hydrogen-bond donors (Lipinski definition) is 9. The number of nitrogens with two attached hydrogens (primary N) is 6. The molecule has 0 aliphatic rings. The molecule has 4 atom stereocenters. The van der Waals surface area contributed by atoms with Crippen molar-refractivity contribution in [2.24, 2.45) is 34.4 Å². The van der Waals surface area contributed by atoms with Crippen molar-refractivity contribution >= 4 is 101 Å². The normalized spacial score (nSPS) is 12.0. The highest BCUT2D eigenvalue weighted by molar-refractivity contribution is 7.59. The number of ether oxygens (including phenoxy) is 3. The Morgan fingerprint density at radius 1 is 0.410 bits per heavy atom. The molecule has 0 spiro atoms. The highest BCUT2D eigenvalue weighted by Crippen LogP contribution is 2.25. The van der Waals surface area contributed by atoms with Gasteiger partial charge >= 0.3 is 0 Å². The summed E-state index contributed by atoms with van der Waals surface area (Å²) in [5.74, 6) is -3.01. The number of methoxy groups -OCH3 is 3. The smallest absolute Gasteiger partial charge is 0.255 e. The lowest BCUT2D eigenvalue weighted by atomic mass is 9.95.